The third kappa shape index (κ3) is 4.40. The lowest BCUT2D eigenvalue weighted by Crippen LogP contribution is -2.68. The minimum Gasteiger partial charge on any atom is -0.526 e. The predicted octanol–water partition coefficient (Wildman–Crippen LogP) is 2.13. The number of aliphatic hydroxyl groups excluding tert-OH is 1. The summed E-state index contributed by atoms with van der Waals surface area (Å²) in [6.07, 6.45) is -1.06. The lowest BCUT2D eigenvalue weighted by molar-refractivity contribution is -0.256. The average molecular weight is 419 g/mol. The molecule has 0 radical (unpaired) electrons. The van der Waals surface area contributed by atoms with Crippen LogP contribution in [0.1, 0.15) is 24.0 Å². The summed E-state index contributed by atoms with van der Waals surface area (Å²) in [5.41, 5.74) is 7.69. The quantitative estimate of drug-likeness (QED) is 0.627. The van der Waals surface area contributed by atoms with Gasteiger partial charge in [0.15, 0.2) is 6.09 Å². The van der Waals surface area contributed by atoms with Crippen molar-refractivity contribution in [2.24, 2.45) is 0 Å². The molecule has 0 unspecified atom stereocenters. The van der Waals surface area contributed by atoms with E-state index in [4.69, 9.17) is 4.98 Å². The molecule has 1 aromatic heterocycles. The number of piperidine rings is 1. The van der Waals surface area contributed by atoms with Gasteiger partial charge in [-0.3, -0.25) is 0 Å². The third-order valence-corrected chi connectivity index (χ3v) is 5.70. The van der Waals surface area contributed by atoms with Crippen LogP contribution in [0.25, 0.3) is 22.5 Å². The second kappa shape index (κ2) is 8.41. The number of aliphatic hydroxyl groups is 1. The molecule has 0 saturated carbocycles. The minimum atomic E-state index is -1.42. The zero-order valence-electron chi connectivity index (χ0n) is 17.6. The molecule has 1 saturated heterocycles. The number of carbonyl (C=O) groups excluding carboxylic acids is 1. The van der Waals surface area contributed by atoms with Crippen molar-refractivity contribution in [2.45, 2.75) is 32.8 Å². The normalized spacial score (nSPS) is 20.9. The first kappa shape index (κ1) is 20.9. The van der Waals surface area contributed by atoms with Crippen molar-refractivity contribution in [1.82, 2.24) is 25.2 Å². The molecule has 2 heterocycles. The lowest BCUT2D eigenvalue weighted by atomic mass is 10.0. The molecule has 1 fully saturated rings. The van der Waals surface area contributed by atoms with E-state index in [9.17, 15) is 15.0 Å². The number of aromatic nitrogens is 3. The van der Waals surface area contributed by atoms with E-state index in [1.807, 2.05) is 62.4 Å². The molecule has 2 aromatic carbocycles. The Kier molecular flexibility index (Phi) is 5.67. The smallest absolute Gasteiger partial charge is 0.373 e. The molecular weight excluding hydrogens is 394 g/mol. The fourth-order valence-electron chi connectivity index (χ4n) is 3.85. The summed E-state index contributed by atoms with van der Waals surface area (Å²) in [6.45, 7) is 4.65. The van der Waals surface area contributed by atoms with E-state index in [1.165, 1.54) is 0 Å². The maximum absolute atomic E-state index is 11.5. The highest BCUT2D eigenvalue weighted by Crippen LogP contribution is 2.32. The van der Waals surface area contributed by atoms with Gasteiger partial charge in [-0.2, -0.15) is 9.58 Å². The SMILES string of the molecule is Cc1ccc(-c2nnc([N+]3(NC(=O)[O-])CCC(O)CC3)nc2-c2ccc(C)cc2)cc1. The number of nitrogens with one attached hydrogen (secondary N) is 1. The molecule has 3 aromatic rings. The third-order valence-electron chi connectivity index (χ3n) is 5.70. The topological polar surface area (TPSA) is 111 Å². The fourth-order valence-corrected chi connectivity index (χ4v) is 3.85. The van der Waals surface area contributed by atoms with Crippen LogP contribution in [0.4, 0.5) is 10.7 Å². The number of carboxylic acid groups (broad SMARTS) is 1. The summed E-state index contributed by atoms with van der Waals surface area (Å²) in [4.78, 5) is 16.3. The van der Waals surface area contributed by atoms with Crippen LogP contribution >= 0.6 is 0 Å². The maximum Gasteiger partial charge on any atom is 0.373 e. The van der Waals surface area contributed by atoms with Gasteiger partial charge in [0, 0.05) is 24.0 Å². The van der Waals surface area contributed by atoms with Gasteiger partial charge in [-0.15, -0.1) is 5.10 Å². The van der Waals surface area contributed by atoms with Gasteiger partial charge in [0.1, 0.15) is 24.5 Å². The molecule has 0 aliphatic carbocycles. The number of rotatable bonds is 4. The van der Waals surface area contributed by atoms with Crippen LogP contribution in [0.5, 0.6) is 0 Å². The Balaban J connectivity index is 1.86. The van der Waals surface area contributed by atoms with Gasteiger partial charge in [0.2, 0.25) is 0 Å². The van der Waals surface area contributed by atoms with Gasteiger partial charge in [0.25, 0.3) is 0 Å². The van der Waals surface area contributed by atoms with Crippen molar-refractivity contribution in [2.75, 3.05) is 13.1 Å². The highest BCUT2D eigenvalue weighted by molar-refractivity contribution is 5.78. The Morgan fingerprint density at radius 3 is 1.97 bits per heavy atom. The molecule has 1 amide bonds. The van der Waals surface area contributed by atoms with Gasteiger partial charge in [0.05, 0.1) is 6.10 Å². The molecule has 0 atom stereocenters. The van der Waals surface area contributed by atoms with Crippen molar-refractivity contribution in [3.8, 4) is 22.5 Å². The summed E-state index contributed by atoms with van der Waals surface area (Å²) >= 11 is 0. The predicted molar refractivity (Wildman–Crippen MR) is 115 cm³/mol. The summed E-state index contributed by atoms with van der Waals surface area (Å²) in [7, 11) is 0. The summed E-state index contributed by atoms with van der Waals surface area (Å²) in [5, 5.41) is 30.2. The van der Waals surface area contributed by atoms with Gasteiger partial charge >= 0.3 is 5.95 Å². The van der Waals surface area contributed by atoms with Gasteiger partial charge in [-0.1, -0.05) is 64.8 Å². The molecule has 160 valence electrons. The van der Waals surface area contributed by atoms with Gasteiger partial charge < -0.3 is 15.0 Å². The number of amides is 1. The first-order valence-corrected chi connectivity index (χ1v) is 10.3. The summed E-state index contributed by atoms with van der Waals surface area (Å²) in [5.74, 6) is 0.238. The van der Waals surface area contributed by atoms with Crippen molar-refractivity contribution in [3.63, 3.8) is 0 Å². The number of carbonyl (C=O) groups is 1. The van der Waals surface area contributed by atoms with Crippen molar-refractivity contribution >= 4 is 12.0 Å². The fraction of sp³-hybridized carbons (Fsp3) is 0.304. The zero-order chi connectivity index (χ0) is 22.0. The lowest BCUT2D eigenvalue weighted by Gasteiger charge is -2.39. The molecule has 31 heavy (non-hydrogen) atoms. The molecule has 2 N–H and O–H groups in total. The number of hydrogen-bond acceptors (Lipinski definition) is 6. The van der Waals surface area contributed by atoms with Crippen molar-refractivity contribution in [1.29, 1.82) is 0 Å². The van der Waals surface area contributed by atoms with Crippen LogP contribution in [-0.2, 0) is 0 Å². The van der Waals surface area contributed by atoms with E-state index < -0.39 is 12.2 Å². The monoisotopic (exact) mass is 419 g/mol. The zero-order valence-corrected chi connectivity index (χ0v) is 17.6. The van der Waals surface area contributed by atoms with Gasteiger partial charge in [-0.25, -0.2) is 5.43 Å². The van der Waals surface area contributed by atoms with Crippen LogP contribution < -0.4 is 15.1 Å². The Labute approximate surface area is 180 Å². The molecule has 8 nitrogen and oxygen atoms in total. The average Bonchev–Trinajstić information content (AvgIpc) is 2.76. The van der Waals surface area contributed by atoms with Crippen LogP contribution in [0.3, 0.4) is 0 Å². The highest BCUT2D eigenvalue weighted by atomic mass is 16.4. The molecule has 8 heteroatoms. The van der Waals surface area contributed by atoms with E-state index >= 15 is 0 Å². The Morgan fingerprint density at radius 2 is 1.45 bits per heavy atom. The highest BCUT2D eigenvalue weighted by Gasteiger charge is 2.40. The minimum absolute atomic E-state index is 0.223. The van der Waals surface area contributed by atoms with Crippen molar-refractivity contribution in [3.05, 3.63) is 59.7 Å². The summed E-state index contributed by atoms with van der Waals surface area (Å²) in [6, 6.07) is 15.9. The van der Waals surface area contributed by atoms with Crippen LogP contribution in [0.2, 0.25) is 0 Å². The van der Waals surface area contributed by atoms with Crippen LogP contribution in [0.15, 0.2) is 48.5 Å². The Morgan fingerprint density at radius 1 is 0.935 bits per heavy atom. The van der Waals surface area contributed by atoms with Crippen LogP contribution in [-0.4, -0.2) is 45.6 Å². The van der Waals surface area contributed by atoms with E-state index in [1.54, 1.807) is 0 Å². The Bertz CT molecular complexity index is 1080. The van der Waals surface area contributed by atoms with Crippen LogP contribution in [0, 0.1) is 13.8 Å². The molecule has 1 aliphatic heterocycles. The van der Waals surface area contributed by atoms with Crippen molar-refractivity contribution < 1.29 is 15.0 Å². The second-order valence-electron chi connectivity index (χ2n) is 8.09. The Hall–Kier alpha value is -3.36. The number of nitrogens with zero attached hydrogens (tertiary/aromatic N) is 4. The summed E-state index contributed by atoms with van der Waals surface area (Å²) < 4.78 is -0.223. The maximum atomic E-state index is 11.5. The molecule has 4 rings (SSSR count). The number of hydrogen-bond donors (Lipinski definition) is 2. The number of aryl methyl sites for hydroxylation is 2. The number of benzene rings is 2. The van der Waals surface area contributed by atoms with Gasteiger partial charge in [-0.05, 0) is 13.8 Å². The van der Waals surface area contributed by atoms with E-state index in [0.29, 0.717) is 37.3 Å². The molecule has 0 bridgehead atoms. The molecular formula is C23H25N5O3. The standard InChI is InChI=1S/C23H25N5O3/c1-15-3-7-17(8-4-15)20-21(18-9-5-16(2)6-10-18)25-26-22(24-20)28(27-23(30)31)13-11-19(29)12-14-28/h3-10,19,27,29H,11-14H2,1-2H3. The molecule has 1 aliphatic rings. The second-order valence-corrected chi connectivity index (χ2v) is 8.09. The first-order chi connectivity index (χ1) is 14.9. The van der Waals surface area contributed by atoms with E-state index in [0.717, 1.165) is 22.3 Å². The first-order valence-electron chi connectivity index (χ1n) is 10.3. The number of quaternary nitrogens is 1. The van der Waals surface area contributed by atoms with E-state index in [-0.39, 0.29) is 10.5 Å². The molecule has 0 spiro atoms. The van der Waals surface area contributed by atoms with E-state index in [2.05, 4.69) is 15.6 Å². The largest absolute Gasteiger partial charge is 0.526 e.